The molecular weight excluding hydrogens is 160 g/mol. The number of hydrogen-bond acceptors (Lipinski definition) is 2. The molecule has 1 aromatic heterocycles. The molecule has 0 unspecified atom stereocenters. The lowest BCUT2D eigenvalue weighted by molar-refractivity contribution is 0.676. The summed E-state index contributed by atoms with van der Waals surface area (Å²) < 4.78 is 0. The van der Waals surface area contributed by atoms with E-state index in [1.807, 2.05) is 6.92 Å². The highest BCUT2D eigenvalue weighted by Gasteiger charge is 2.07. The van der Waals surface area contributed by atoms with Gasteiger partial charge in [-0.05, 0) is 18.6 Å². The molecule has 3 heteroatoms. The third-order valence-corrected chi connectivity index (χ3v) is 1.90. The first-order valence-corrected chi connectivity index (χ1v) is 3.99. The summed E-state index contributed by atoms with van der Waals surface area (Å²) in [6, 6.07) is 3.57. The van der Waals surface area contributed by atoms with Crippen LogP contribution in [-0.4, -0.2) is 4.98 Å². The van der Waals surface area contributed by atoms with Gasteiger partial charge in [-0.1, -0.05) is 18.5 Å². The van der Waals surface area contributed by atoms with E-state index in [0.29, 0.717) is 5.02 Å². The van der Waals surface area contributed by atoms with Gasteiger partial charge in [0.25, 0.3) is 0 Å². The molecule has 2 N–H and O–H groups in total. The molecule has 0 aromatic carbocycles. The number of halogens is 1. The molecule has 2 nitrogen and oxygen atoms in total. The molecule has 0 spiro atoms. The van der Waals surface area contributed by atoms with E-state index in [1.165, 1.54) is 0 Å². The molecule has 0 aliphatic carbocycles. The Labute approximate surface area is 71.4 Å². The van der Waals surface area contributed by atoms with Gasteiger partial charge >= 0.3 is 0 Å². The van der Waals surface area contributed by atoms with Crippen molar-refractivity contribution in [3.63, 3.8) is 0 Å². The topological polar surface area (TPSA) is 38.9 Å². The molecular formula is C8H11ClN2. The lowest BCUT2D eigenvalue weighted by Gasteiger charge is -2.08. The number of pyridine rings is 1. The fourth-order valence-corrected chi connectivity index (χ4v) is 1.13. The Balaban J connectivity index is 2.93. The Morgan fingerprint density at radius 2 is 2.45 bits per heavy atom. The summed E-state index contributed by atoms with van der Waals surface area (Å²) in [5.74, 6) is 0. The Morgan fingerprint density at radius 3 is 3.00 bits per heavy atom. The van der Waals surface area contributed by atoms with Gasteiger partial charge in [0.05, 0.1) is 10.7 Å². The van der Waals surface area contributed by atoms with Crippen LogP contribution < -0.4 is 5.73 Å². The van der Waals surface area contributed by atoms with E-state index < -0.39 is 0 Å². The quantitative estimate of drug-likeness (QED) is 0.739. The zero-order valence-electron chi connectivity index (χ0n) is 6.42. The molecule has 11 heavy (non-hydrogen) atoms. The van der Waals surface area contributed by atoms with E-state index in [-0.39, 0.29) is 6.04 Å². The van der Waals surface area contributed by atoms with Crippen LogP contribution in [0.3, 0.4) is 0 Å². The lowest BCUT2D eigenvalue weighted by Crippen LogP contribution is -2.10. The second-order valence-corrected chi connectivity index (χ2v) is 2.79. The van der Waals surface area contributed by atoms with Crippen LogP contribution in [0.1, 0.15) is 25.1 Å². The van der Waals surface area contributed by atoms with Crippen LogP contribution in [0.2, 0.25) is 5.02 Å². The smallest absolute Gasteiger partial charge is 0.0756 e. The van der Waals surface area contributed by atoms with Gasteiger partial charge in [0.15, 0.2) is 0 Å². The molecule has 0 aliphatic heterocycles. The first-order chi connectivity index (χ1) is 5.25. The van der Waals surface area contributed by atoms with E-state index in [4.69, 9.17) is 17.3 Å². The summed E-state index contributed by atoms with van der Waals surface area (Å²) in [7, 11) is 0. The zero-order chi connectivity index (χ0) is 8.27. The van der Waals surface area contributed by atoms with Crippen LogP contribution in [0.15, 0.2) is 18.3 Å². The largest absolute Gasteiger partial charge is 0.323 e. The monoisotopic (exact) mass is 170 g/mol. The highest BCUT2D eigenvalue weighted by molar-refractivity contribution is 6.31. The van der Waals surface area contributed by atoms with Gasteiger partial charge in [-0.25, -0.2) is 0 Å². The van der Waals surface area contributed by atoms with E-state index in [9.17, 15) is 0 Å². The maximum absolute atomic E-state index is 5.86. The van der Waals surface area contributed by atoms with Crippen molar-refractivity contribution in [1.82, 2.24) is 4.98 Å². The second kappa shape index (κ2) is 3.69. The summed E-state index contributed by atoms with van der Waals surface area (Å²) in [5, 5.41) is 0.654. The summed E-state index contributed by atoms with van der Waals surface area (Å²) in [6.07, 6.45) is 2.56. The predicted octanol–water partition coefficient (Wildman–Crippen LogP) is 2.14. The minimum absolute atomic E-state index is 0.0382. The van der Waals surface area contributed by atoms with Crippen LogP contribution in [-0.2, 0) is 0 Å². The molecule has 0 fully saturated rings. The molecule has 60 valence electrons. The molecule has 0 bridgehead atoms. The molecule has 0 saturated heterocycles. The Bertz CT molecular complexity index is 237. The van der Waals surface area contributed by atoms with Gasteiger partial charge in [-0.3, -0.25) is 4.98 Å². The Hall–Kier alpha value is -0.600. The number of rotatable bonds is 2. The lowest BCUT2D eigenvalue weighted by atomic mass is 10.1. The molecule has 1 aromatic rings. The SMILES string of the molecule is CC[C@@H](N)c1ncccc1Cl. The van der Waals surface area contributed by atoms with Gasteiger partial charge in [0.1, 0.15) is 0 Å². The number of nitrogens with zero attached hydrogens (tertiary/aromatic N) is 1. The van der Waals surface area contributed by atoms with Gasteiger partial charge < -0.3 is 5.73 Å². The Kier molecular flexibility index (Phi) is 2.85. The number of hydrogen-bond donors (Lipinski definition) is 1. The van der Waals surface area contributed by atoms with E-state index in [2.05, 4.69) is 4.98 Å². The maximum Gasteiger partial charge on any atom is 0.0756 e. The summed E-state index contributed by atoms with van der Waals surface area (Å²) in [6.45, 7) is 2.01. The van der Waals surface area contributed by atoms with Crippen molar-refractivity contribution in [2.75, 3.05) is 0 Å². The fraction of sp³-hybridized carbons (Fsp3) is 0.375. The third kappa shape index (κ3) is 1.91. The van der Waals surface area contributed by atoms with Crippen LogP contribution >= 0.6 is 11.6 Å². The third-order valence-electron chi connectivity index (χ3n) is 1.58. The summed E-state index contributed by atoms with van der Waals surface area (Å²) in [4.78, 5) is 4.09. The normalized spacial score (nSPS) is 13.0. The molecule has 0 saturated carbocycles. The van der Waals surface area contributed by atoms with Crippen molar-refractivity contribution in [1.29, 1.82) is 0 Å². The first kappa shape index (κ1) is 8.50. The average molecular weight is 171 g/mol. The molecule has 0 amide bonds. The van der Waals surface area contributed by atoms with Gasteiger partial charge in [0, 0.05) is 12.2 Å². The first-order valence-electron chi connectivity index (χ1n) is 3.61. The van der Waals surface area contributed by atoms with Crippen molar-refractivity contribution in [2.24, 2.45) is 5.73 Å². The van der Waals surface area contributed by atoms with Crippen LogP contribution in [0, 0.1) is 0 Å². The zero-order valence-corrected chi connectivity index (χ0v) is 7.17. The minimum atomic E-state index is -0.0382. The van der Waals surface area contributed by atoms with Gasteiger partial charge in [0.2, 0.25) is 0 Å². The van der Waals surface area contributed by atoms with Crippen molar-refractivity contribution >= 4 is 11.6 Å². The van der Waals surface area contributed by atoms with Crippen molar-refractivity contribution in [2.45, 2.75) is 19.4 Å². The van der Waals surface area contributed by atoms with Crippen molar-refractivity contribution in [3.8, 4) is 0 Å². The Morgan fingerprint density at radius 1 is 1.73 bits per heavy atom. The highest BCUT2D eigenvalue weighted by Crippen LogP contribution is 2.19. The predicted molar refractivity (Wildman–Crippen MR) is 46.5 cm³/mol. The molecule has 1 rings (SSSR count). The number of aromatic nitrogens is 1. The number of nitrogens with two attached hydrogens (primary N) is 1. The van der Waals surface area contributed by atoms with Gasteiger partial charge in [-0.15, -0.1) is 0 Å². The molecule has 1 atom stereocenters. The van der Waals surface area contributed by atoms with Crippen LogP contribution in [0.25, 0.3) is 0 Å². The average Bonchev–Trinajstić information content (AvgIpc) is 2.04. The van der Waals surface area contributed by atoms with Gasteiger partial charge in [-0.2, -0.15) is 0 Å². The summed E-state index contributed by atoms with van der Waals surface area (Å²) >= 11 is 5.86. The van der Waals surface area contributed by atoms with Crippen LogP contribution in [0.5, 0.6) is 0 Å². The second-order valence-electron chi connectivity index (χ2n) is 2.39. The molecule has 0 aliphatic rings. The standard InChI is InChI=1S/C8H11ClN2/c1-2-7(10)8-6(9)4-3-5-11-8/h3-5,7H,2,10H2,1H3/t7-/m1/s1. The van der Waals surface area contributed by atoms with Crippen molar-refractivity contribution in [3.05, 3.63) is 29.0 Å². The van der Waals surface area contributed by atoms with Crippen LogP contribution in [0.4, 0.5) is 0 Å². The minimum Gasteiger partial charge on any atom is -0.323 e. The van der Waals surface area contributed by atoms with E-state index in [1.54, 1.807) is 18.3 Å². The van der Waals surface area contributed by atoms with E-state index >= 15 is 0 Å². The maximum atomic E-state index is 5.86. The molecule has 0 radical (unpaired) electrons. The molecule has 1 heterocycles. The van der Waals surface area contributed by atoms with E-state index in [0.717, 1.165) is 12.1 Å². The fourth-order valence-electron chi connectivity index (χ4n) is 0.864. The van der Waals surface area contributed by atoms with Crippen molar-refractivity contribution < 1.29 is 0 Å². The highest BCUT2D eigenvalue weighted by atomic mass is 35.5. The summed E-state index contributed by atoms with van der Waals surface area (Å²) in [5.41, 5.74) is 6.54.